The minimum atomic E-state index is -0.0654. The van der Waals surface area contributed by atoms with Crippen LogP contribution in [0.3, 0.4) is 0 Å². The fraction of sp³-hybridized carbons (Fsp3) is 0.625. The standard InChI is InChI=1S/C8H16N2Si/c1-4-5-11-10-6-7(2)9-8(10)3/h6H,4-5,11H2,1-3H3. The summed E-state index contributed by atoms with van der Waals surface area (Å²) in [7, 11) is -0.0654. The maximum absolute atomic E-state index is 4.36. The van der Waals surface area contributed by atoms with Crippen LogP contribution in [0.1, 0.15) is 24.9 Å². The van der Waals surface area contributed by atoms with E-state index in [0.29, 0.717) is 0 Å². The lowest BCUT2D eigenvalue weighted by atomic mass is 10.6. The highest BCUT2D eigenvalue weighted by Crippen LogP contribution is 2.00. The molecule has 0 N–H and O–H groups in total. The van der Waals surface area contributed by atoms with E-state index < -0.39 is 0 Å². The van der Waals surface area contributed by atoms with Gasteiger partial charge in [0.2, 0.25) is 0 Å². The number of rotatable bonds is 3. The van der Waals surface area contributed by atoms with Gasteiger partial charge < -0.3 is 4.23 Å². The predicted molar refractivity (Wildman–Crippen MR) is 50.7 cm³/mol. The van der Waals surface area contributed by atoms with Gasteiger partial charge in [0.25, 0.3) is 0 Å². The van der Waals surface area contributed by atoms with Gasteiger partial charge in [-0.3, -0.25) is 0 Å². The van der Waals surface area contributed by atoms with Crippen LogP contribution in [-0.4, -0.2) is 18.9 Å². The van der Waals surface area contributed by atoms with Crippen LogP contribution in [0.2, 0.25) is 6.04 Å². The second-order valence-corrected chi connectivity index (χ2v) is 4.81. The molecule has 0 aliphatic carbocycles. The smallest absolute Gasteiger partial charge is 0.131 e. The largest absolute Gasteiger partial charge is 0.368 e. The summed E-state index contributed by atoms with van der Waals surface area (Å²) in [5, 5.41) is 0. The molecule has 1 heterocycles. The van der Waals surface area contributed by atoms with Crippen LogP contribution in [0, 0.1) is 13.8 Å². The van der Waals surface area contributed by atoms with Gasteiger partial charge in [0, 0.05) is 6.20 Å². The number of aryl methyl sites for hydroxylation is 2. The van der Waals surface area contributed by atoms with Crippen molar-refractivity contribution in [2.24, 2.45) is 0 Å². The molecule has 11 heavy (non-hydrogen) atoms. The van der Waals surface area contributed by atoms with Crippen LogP contribution >= 0.6 is 0 Å². The Morgan fingerprint density at radius 1 is 1.55 bits per heavy atom. The Labute approximate surface area is 70.5 Å². The van der Waals surface area contributed by atoms with Crippen molar-refractivity contribution in [3.63, 3.8) is 0 Å². The Bertz CT molecular complexity index is 230. The van der Waals surface area contributed by atoms with Crippen LogP contribution in [0.15, 0.2) is 6.20 Å². The molecule has 0 atom stereocenters. The number of imidazole rings is 1. The molecular weight excluding hydrogens is 152 g/mol. The Hall–Kier alpha value is -0.573. The minimum Gasteiger partial charge on any atom is -0.368 e. The number of hydrogen-bond acceptors (Lipinski definition) is 1. The zero-order chi connectivity index (χ0) is 8.27. The third kappa shape index (κ3) is 2.18. The van der Waals surface area contributed by atoms with Gasteiger partial charge >= 0.3 is 0 Å². The van der Waals surface area contributed by atoms with Crippen molar-refractivity contribution in [1.29, 1.82) is 0 Å². The summed E-state index contributed by atoms with van der Waals surface area (Å²) in [5.41, 5.74) is 1.16. The van der Waals surface area contributed by atoms with E-state index >= 15 is 0 Å². The SMILES string of the molecule is CCC[SiH2]n1cc(C)nc1C. The monoisotopic (exact) mass is 168 g/mol. The number of hydrogen-bond donors (Lipinski definition) is 0. The van der Waals surface area contributed by atoms with E-state index in [2.05, 4.69) is 36.2 Å². The first-order valence-electron chi connectivity index (χ1n) is 4.24. The summed E-state index contributed by atoms with van der Waals surface area (Å²) in [5.74, 6) is 1.20. The maximum atomic E-state index is 4.36. The Balaban J connectivity index is 2.62. The summed E-state index contributed by atoms with van der Waals surface area (Å²) in [6.07, 6.45) is 3.49. The molecule has 0 unspecified atom stereocenters. The van der Waals surface area contributed by atoms with E-state index in [-0.39, 0.29) is 9.68 Å². The molecule has 1 aromatic rings. The van der Waals surface area contributed by atoms with E-state index in [1.54, 1.807) is 0 Å². The van der Waals surface area contributed by atoms with Crippen LogP contribution in [0.4, 0.5) is 0 Å². The van der Waals surface area contributed by atoms with Gasteiger partial charge in [0.1, 0.15) is 9.68 Å². The van der Waals surface area contributed by atoms with Crippen LogP contribution in [0.25, 0.3) is 0 Å². The molecule has 1 rings (SSSR count). The predicted octanol–water partition coefficient (Wildman–Crippen LogP) is 1.26. The lowest BCUT2D eigenvalue weighted by molar-refractivity contribution is 1.01. The van der Waals surface area contributed by atoms with E-state index in [1.165, 1.54) is 18.3 Å². The first-order valence-corrected chi connectivity index (χ1v) is 5.87. The van der Waals surface area contributed by atoms with E-state index in [9.17, 15) is 0 Å². The van der Waals surface area contributed by atoms with E-state index in [4.69, 9.17) is 0 Å². The third-order valence-electron chi connectivity index (χ3n) is 1.85. The molecule has 1 aromatic heterocycles. The molecule has 0 saturated carbocycles. The van der Waals surface area contributed by atoms with Gasteiger partial charge in [-0.15, -0.1) is 0 Å². The van der Waals surface area contributed by atoms with Gasteiger partial charge in [-0.05, 0) is 19.9 Å². The lowest BCUT2D eigenvalue weighted by Crippen LogP contribution is -2.05. The highest BCUT2D eigenvalue weighted by atomic mass is 28.2. The van der Waals surface area contributed by atoms with Crippen molar-refractivity contribution in [2.45, 2.75) is 33.2 Å². The fourth-order valence-corrected chi connectivity index (χ4v) is 2.67. The minimum absolute atomic E-state index is 0.0654. The van der Waals surface area contributed by atoms with E-state index in [1.807, 2.05) is 0 Å². The molecule has 62 valence electrons. The number of aromatic nitrogens is 2. The zero-order valence-electron chi connectivity index (χ0n) is 7.59. The molecular formula is C8H16N2Si. The molecule has 2 nitrogen and oxygen atoms in total. The summed E-state index contributed by atoms with van der Waals surface area (Å²) < 4.78 is 2.36. The zero-order valence-corrected chi connectivity index (χ0v) is 9.01. The topological polar surface area (TPSA) is 17.8 Å². The molecule has 0 aromatic carbocycles. The van der Waals surface area contributed by atoms with E-state index in [0.717, 1.165) is 5.69 Å². The molecule has 0 bridgehead atoms. The normalized spacial score (nSPS) is 11.5. The van der Waals surface area contributed by atoms with Gasteiger partial charge in [-0.1, -0.05) is 13.3 Å². The van der Waals surface area contributed by atoms with Gasteiger partial charge in [-0.2, -0.15) is 0 Å². The first kappa shape index (κ1) is 8.52. The fourth-order valence-electron chi connectivity index (χ4n) is 1.22. The first-order chi connectivity index (χ1) is 5.24. The Morgan fingerprint density at radius 3 is 2.73 bits per heavy atom. The second-order valence-electron chi connectivity index (χ2n) is 2.98. The molecule has 0 aliphatic heterocycles. The van der Waals surface area contributed by atoms with Crippen LogP contribution in [-0.2, 0) is 0 Å². The van der Waals surface area contributed by atoms with Crippen molar-refractivity contribution in [2.75, 3.05) is 0 Å². The molecule has 3 heteroatoms. The van der Waals surface area contributed by atoms with Crippen LogP contribution < -0.4 is 0 Å². The average Bonchev–Trinajstić information content (AvgIpc) is 2.26. The lowest BCUT2D eigenvalue weighted by Gasteiger charge is -2.00. The summed E-state index contributed by atoms with van der Waals surface area (Å²) in [6.45, 7) is 6.39. The molecule has 0 aliphatic rings. The van der Waals surface area contributed by atoms with Crippen LogP contribution in [0.5, 0.6) is 0 Å². The maximum Gasteiger partial charge on any atom is 0.131 e. The molecule has 0 saturated heterocycles. The number of nitrogens with zero attached hydrogens (tertiary/aromatic N) is 2. The van der Waals surface area contributed by atoms with Gasteiger partial charge in [-0.25, -0.2) is 4.98 Å². The molecule has 0 amide bonds. The third-order valence-corrected chi connectivity index (χ3v) is 3.99. The summed E-state index contributed by atoms with van der Waals surface area (Å²) in [6, 6.07) is 1.39. The quantitative estimate of drug-likeness (QED) is 0.621. The average molecular weight is 168 g/mol. The van der Waals surface area contributed by atoms with Gasteiger partial charge in [0.05, 0.1) is 11.5 Å². The van der Waals surface area contributed by atoms with Crippen molar-refractivity contribution < 1.29 is 0 Å². The van der Waals surface area contributed by atoms with Crippen molar-refractivity contribution in [1.82, 2.24) is 9.22 Å². The van der Waals surface area contributed by atoms with Gasteiger partial charge in [0.15, 0.2) is 0 Å². The van der Waals surface area contributed by atoms with Crippen molar-refractivity contribution >= 4 is 9.68 Å². The second kappa shape index (κ2) is 3.71. The van der Waals surface area contributed by atoms with Crippen molar-refractivity contribution in [3.8, 4) is 0 Å². The molecule has 0 radical (unpaired) electrons. The summed E-state index contributed by atoms with van der Waals surface area (Å²) in [4.78, 5) is 4.36. The summed E-state index contributed by atoms with van der Waals surface area (Å²) >= 11 is 0. The molecule has 0 fully saturated rings. The van der Waals surface area contributed by atoms with Crippen molar-refractivity contribution in [3.05, 3.63) is 17.7 Å². The molecule has 0 spiro atoms. The Morgan fingerprint density at radius 2 is 2.27 bits per heavy atom. The highest BCUT2D eigenvalue weighted by molar-refractivity contribution is 6.33. The Kier molecular flexibility index (Phi) is 2.88. The highest BCUT2D eigenvalue weighted by Gasteiger charge is 1.98.